The van der Waals surface area contributed by atoms with Crippen LogP contribution in [-0.4, -0.2) is 39.1 Å². The van der Waals surface area contributed by atoms with Crippen LogP contribution in [0.5, 0.6) is 23.0 Å². The van der Waals surface area contributed by atoms with Crippen molar-refractivity contribution in [1.29, 1.82) is 0 Å². The Morgan fingerprint density at radius 3 is 2.53 bits per heavy atom. The van der Waals surface area contributed by atoms with Gasteiger partial charge in [0.2, 0.25) is 0 Å². The minimum Gasteiger partial charge on any atom is -0.493 e. The highest BCUT2D eigenvalue weighted by atomic mass is 79.9. The molecule has 2 aromatic carbocycles. The van der Waals surface area contributed by atoms with Crippen molar-refractivity contribution in [3.63, 3.8) is 0 Å². The van der Waals surface area contributed by atoms with E-state index in [4.69, 9.17) is 18.9 Å². The molecule has 0 aliphatic carbocycles. The van der Waals surface area contributed by atoms with E-state index >= 15 is 0 Å². The van der Waals surface area contributed by atoms with Crippen LogP contribution < -0.4 is 24.4 Å². The van der Waals surface area contributed by atoms with Crippen LogP contribution in [0.2, 0.25) is 0 Å². The van der Waals surface area contributed by atoms with E-state index in [1.165, 1.54) is 6.21 Å². The molecule has 2 aromatic rings. The third-order valence-electron chi connectivity index (χ3n) is 3.78. The molecule has 0 fully saturated rings. The van der Waals surface area contributed by atoms with Gasteiger partial charge in [-0.15, -0.1) is 0 Å². The highest BCUT2D eigenvalue weighted by molar-refractivity contribution is 9.10. The number of methoxy groups -OCH3 is 1. The van der Waals surface area contributed by atoms with Crippen LogP contribution in [0.25, 0.3) is 0 Å². The number of hydrazone groups is 1. The number of nitrogens with zero attached hydrogens (tertiary/aromatic N) is 1. The van der Waals surface area contributed by atoms with Crippen molar-refractivity contribution in [2.75, 3.05) is 26.9 Å². The van der Waals surface area contributed by atoms with Crippen LogP contribution in [0, 0.1) is 0 Å². The molecule has 0 heterocycles. The van der Waals surface area contributed by atoms with Crippen molar-refractivity contribution in [3.05, 3.63) is 58.6 Å². The van der Waals surface area contributed by atoms with Crippen LogP contribution in [0.4, 0.5) is 0 Å². The van der Waals surface area contributed by atoms with Crippen molar-refractivity contribution in [1.82, 2.24) is 5.43 Å². The first kappa shape index (κ1) is 23.3. The molecule has 160 valence electrons. The van der Waals surface area contributed by atoms with Crippen LogP contribution in [0.3, 0.4) is 0 Å². The Bertz CT molecular complexity index is 915. The Morgan fingerprint density at radius 1 is 1.10 bits per heavy atom. The predicted molar refractivity (Wildman–Crippen MR) is 120 cm³/mol. The minimum absolute atomic E-state index is 0.344. The molecule has 1 N–H and O–H groups in total. The van der Waals surface area contributed by atoms with Gasteiger partial charge >= 0.3 is 0 Å². The van der Waals surface area contributed by atoms with Crippen LogP contribution in [-0.2, 0) is 0 Å². The fourth-order valence-corrected chi connectivity index (χ4v) is 3.09. The summed E-state index contributed by atoms with van der Waals surface area (Å²) in [6, 6.07) is 8.53. The second-order valence-electron chi connectivity index (χ2n) is 5.86. The fourth-order valence-electron chi connectivity index (χ4n) is 2.51. The Balaban J connectivity index is 2.13. The molecule has 7 nitrogen and oxygen atoms in total. The minimum atomic E-state index is -0.376. The van der Waals surface area contributed by atoms with Crippen LogP contribution >= 0.6 is 15.9 Å². The Labute approximate surface area is 184 Å². The molecule has 0 aliphatic rings. The first-order chi connectivity index (χ1) is 14.5. The van der Waals surface area contributed by atoms with Crippen LogP contribution in [0.15, 0.2) is 52.6 Å². The predicted octanol–water partition coefficient (Wildman–Crippen LogP) is 4.58. The van der Waals surface area contributed by atoms with E-state index < -0.39 is 0 Å². The first-order valence-corrected chi connectivity index (χ1v) is 10.2. The lowest BCUT2D eigenvalue weighted by Crippen LogP contribution is -2.17. The van der Waals surface area contributed by atoms with E-state index in [2.05, 4.69) is 33.0 Å². The molecule has 0 unspecified atom stereocenters. The van der Waals surface area contributed by atoms with E-state index in [0.717, 1.165) is 10.0 Å². The summed E-state index contributed by atoms with van der Waals surface area (Å²) >= 11 is 3.46. The van der Waals surface area contributed by atoms with Gasteiger partial charge in [-0.25, -0.2) is 5.43 Å². The number of halogens is 1. The van der Waals surface area contributed by atoms with Crippen LogP contribution in [0.1, 0.15) is 29.8 Å². The third kappa shape index (κ3) is 6.25. The molecule has 1 amide bonds. The van der Waals surface area contributed by atoms with Gasteiger partial charge in [0, 0.05) is 5.56 Å². The lowest BCUT2D eigenvalue weighted by atomic mass is 10.2. The number of amides is 1. The number of ether oxygens (including phenoxy) is 4. The molecule has 0 aromatic heterocycles. The molecule has 0 spiro atoms. The second-order valence-corrected chi connectivity index (χ2v) is 6.71. The zero-order valence-electron chi connectivity index (χ0n) is 17.2. The van der Waals surface area contributed by atoms with Gasteiger partial charge in [-0.2, -0.15) is 5.10 Å². The van der Waals surface area contributed by atoms with Crippen molar-refractivity contribution in [2.24, 2.45) is 5.10 Å². The molecule has 0 bridgehead atoms. The molecule has 8 heteroatoms. The summed E-state index contributed by atoms with van der Waals surface area (Å²) in [6.45, 7) is 8.68. The summed E-state index contributed by atoms with van der Waals surface area (Å²) in [5.74, 6) is 1.83. The fraction of sp³-hybridized carbons (Fsp3) is 0.273. The lowest BCUT2D eigenvalue weighted by Gasteiger charge is -2.12. The van der Waals surface area contributed by atoms with E-state index in [-0.39, 0.29) is 5.91 Å². The number of benzene rings is 2. The van der Waals surface area contributed by atoms with Gasteiger partial charge in [-0.1, -0.05) is 12.7 Å². The van der Waals surface area contributed by atoms with Gasteiger partial charge in [0.05, 0.1) is 31.0 Å². The number of hydrogen-bond acceptors (Lipinski definition) is 6. The summed E-state index contributed by atoms with van der Waals surface area (Å²) < 4.78 is 22.8. The van der Waals surface area contributed by atoms with Gasteiger partial charge in [-0.05, 0) is 65.7 Å². The summed E-state index contributed by atoms with van der Waals surface area (Å²) in [6.07, 6.45) is 3.16. The molecule has 0 radical (unpaired) electrons. The van der Waals surface area contributed by atoms with E-state index in [1.807, 2.05) is 19.9 Å². The summed E-state index contributed by atoms with van der Waals surface area (Å²) in [7, 11) is 1.56. The van der Waals surface area contributed by atoms with Gasteiger partial charge in [0.25, 0.3) is 5.91 Å². The van der Waals surface area contributed by atoms with E-state index in [0.29, 0.717) is 48.4 Å². The SMILES string of the molecule is C=CCOc1ccc(C(=O)N/N=C/c2cc(Br)c(OCC)c(OC)c2)cc1OCC. The number of hydrogen-bond donors (Lipinski definition) is 1. The van der Waals surface area contributed by atoms with Crippen molar-refractivity contribution < 1.29 is 23.7 Å². The number of nitrogens with one attached hydrogen (secondary N) is 1. The molecular weight excluding hydrogens is 452 g/mol. The summed E-state index contributed by atoms with van der Waals surface area (Å²) in [5, 5.41) is 4.03. The number of rotatable bonds is 11. The van der Waals surface area contributed by atoms with E-state index in [1.54, 1.807) is 37.5 Å². The standard InChI is InChI=1S/C22H25BrN2O5/c1-5-10-30-18-9-8-16(13-19(18)28-6-2)22(26)25-24-14-15-11-17(23)21(29-7-3)20(12-15)27-4/h5,8-9,11-14H,1,6-7,10H2,2-4H3,(H,25,26)/b24-14+. The molecule has 30 heavy (non-hydrogen) atoms. The average molecular weight is 477 g/mol. The summed E-state index contributed by atoms with van der Waals surface area (Å²) in [5.41, 5.74) is 3.63. The zero-order chi connectivity index (χ0) is 21.9. The second kappa shape index (κ2) is 11.9. The molecule has 0 aliphatic heterocycles. The Hall–Kier alpha value is -3.00. The number of carbonyl (C=O) groups is 1. The third-order valence-corrected chi connectivity index (χ3v) is 4.37. The molecule has 0 atom stereocenters. The zero-order valence-corrected chi connectivity index (χ0v) is 18.8. The van der Waals surface area contributed by atoms with Gasteiger partial charge in [-0.3, -0.25) is 4.79 Å². The monoisotopic (exact) mass is 476 g/mol. The van der Waals surface area contributed by atoms with Gasteiger partial charge in [0.1, 0.15) is 6.61 Å². The molecule has 0 saturated heterocycles. The van der Waals surface area contributed by atoms with E-state index in [9.17, 15) is 4.79 Å². The highest BCUT2D eigenvalue weighted by Crippen LogP contribution is 2.36. The van der Waals surface area contributed by atoms with Gasteiger partial charge < -0.3 is 18.9 Å². The molecule has 0 saturated carbocycles. The lowest BCUT2D eigenvalue weighted by molar-refractivity contribution is 0.0954. The highest BCUT2D eigenvalue weighted by Gasteiger charge is 2.12. The average Bonchev–Trinajstić information content (AvgIpc) is 2.74. The van der Waals surface area contributed by atoms with Gasteiger partial charge in [0.15, 0.2) is 23.0 Å². The molecular formula is C22H25BrN2O5. The Morgan fingerprint density at radius 2 is 1.87 bits per heavy atom. The van der Waals surface area contributed by atoms with Crippen molar-refractivity contribution in [2.45, 2.75) is 13.8 Å². The topological polar surface area (TPSA) is 78.4 Å². The number of carbonyl (C=O) groups excluding carboxylic acids is 1. The summed E-state index contributed by atoms with van der Waals surface area (Å²) in [4.78, 5) is 12.5. The maximum atomic E-state index is 12.5. The Kier molecular flexibility index (Phi) is 9.21. The quantitative estimate of drug-likeness (QED) is 0.291. The molecule has 2 rings (SSSR count). The van der Waals surface area contributed by atoms with Crippen molar-refractivity contribution in [3.8, 4) is 23.0 Å². The maximum Gasteiger partial charge on any atom is 0.271 e. The smallest absolute Gasteiger partial charge is 0.271 e. The normalized spacial score (nSPS) is 10.5. The van der Waals surface area contributed by atoms with Crippen molar-refractivity contribution >= 4 is 28.1 Å². The maximum absolute atomic E-state index is 12.5. The first-order valence-electron chi connectivity index (χ1n) is 9.38. The largest absolute Gasteiger partial charge is 0.493 e.